The SMILES string of the molecule is CCOC(=O)C1CC[NH+](CCCOc2ccccc2OC)CC1. The maximum atomic E-state index is 11.7. The van der Waals surface area contributed by atoms with Gasteiger partial charge in [-0.1, -0.05) is 12.1 Å². The molecule has 0 aliphatic carbocycles. The Kier molecular flexibility index (Phi) is 7.20. The molecule has 0 aromatic heterocycles. The van der Waals surface area contributed by atoms with Crippen LogP contribution in [0.5, 0.6) is 11.5 Å². The van der Waals surface area contributed by atoms with Gasteiger partial charge in [-0.3, -0.25) is 4.79 Å². The van der Waals surface area contributed by atoms with Crippen molar-refractivity contribution in [1.29, 1.82) is 0 Å². The molecule has 128 valence electrons. The Morgan fingerprint density at radius 3 is 2.57 bits per heavy atom. The maximum Gasteiger partial charge on any atom is 0.309 e. The number of hydrogen-bond donors (Lipinski definition) is 1. The molecule has 1 aliphatic heterocycles. The monoisotopic (exact) mass is 322 g/mol. The number of carbonyl (C=O) groups is 1. The summed E-state index contributed by atoms with van der Waals surface area (Å²) >= 11 is 0. The van der Waals surface area contributed by atoms with Gasteiger partial charge in [0.05, 0.1) is 45.9 Å². The van der Waals surface area contributed by atoms with Crippen LogP contribution in [0.25, 0.3) is 0 Å². The van der Waals surface area contributed by atoms with Gasteiger partial charge in [0.15, 0.2) is 11.5 Å². The second kappa shape index (κ2) is 9.40. The quantitative estimate of drug-likeness (QED) is 0.579. The number of likely N-dealkylation sites (tertiary alicyclic amines) is 1. The van der Waals surface area contributed by atoms with Crippen molar-refractivity contribution < 1.29 is 23.9 Å². The molecule has 0 atom stereocenters. The second-order valence-electron chi connectivity index (χ2n) is 5.88. The topological polar surface area (TPSA) is 49.2 Å². The van der Waals surface area contributed by atoms with Crippen molar-refractivity contribution in [2.24, 2.45) is 5.92 Å². The molecule has 0 spiro atoms. The number of ether oxygens (including phenoxy) is 3. The van der Waals surface area contributed by atoms with E-state index in [9.17, 15) is 4.79 Å². The van der Waals surface area contributed by atoms with Crippen molar-refractivity contribution in [2.45, 2.75) is 26.2 Å². The van der Waals surface area contributed by atoms with Gasteiger partial charge < -0.3 is 19.1 Å². The highest BCUT2D eigenvalue weighted by molar-refractivity contribution is 5.72. The predicted octanol–water partition coefficient (Wildman–Crippen LogP) is 1.32. The number of benzene rings is 1. The molecule has 1 saturated heterocycles. The lowest BCUT2D eigenvalue weighted by Crippen LogP contribution is -3.13. The Balaban J connectivity index is 1.63. The van der Waals surface area contributed by atoms with Crippen LogP contribution in [0.4, 0.5) is 0 Å². The molecule has 1 aliphatic rings. The first kappa shape index (κ1) is 17.6. The number of methoxy groups -OCH3 is 1. The summed E-state index contributed by atoms with van der Waals surface area (Å²) in [5.74, 6) is 1.65. The van der Waals surface area contributed by atoms with Crippen LogP contribution in [0.3, 0.4) is 0 Å². The fraction of sp³-hybridized carbons (Fsp3) is 0.611. The number of carbonyl (C=O) groups excluding carboxylic acids is 1. The van der Waals surface area contributed by atoms with E-state index in [-0.39, 0.29) is 11.9 Å². The third kappa shape index (κ3) is 5.43. The van der Waals surface area contributed by atoms with Crippen LogP contribution in [-0.2, 0) is 9.53 Å². The van der Waals surface area contributed by atoms with Crippen molar-refractivity contribution in [3.8, 4) is 11.5 Å². The van der Waals surface area contributed by atoms with Crippen LogP contribution in [0.1, 0.15) is 26.2 Å². The molecule has 23 heavy (non-hydrogen) atoms. The zero-order chi connectivity index (χ0) is 16.5. The fourth-order valence-corrected chi connectivity index (χ4v) is 3.01. The molecule has 1 heterocycles. The van der Waals surface area contributed by atoms with Gasteiger partial charge in [0.2, 0.25) is 0 Å². The molecule has 0 saturated carbocycles. The van der Waals surface area contributed by atoms with E-state index >= 15 is 0 Å². The minimum Gasteiger partial charge on any atom is -0.493 e. The standard InChI is InChI=1S/C18H27NO4/c1-3-22-18(20)15-9-12-19(13-10-15)11-6-14-23-17-8-5-4-7-16(17)21-2/h4-5,7-8,15H,3,6,9-14H2,1-2H3/p+1. The van der Waals surface area contributed by atoms with Gasteiger partial charge in [0.25, 0.3) is 0 Å². The average molecular weight is 322 g/mol. The first-order valence-corrected chi connectivity index (χ1v) is 8.50. The summed E-state index contributed by atoms with van der Waals surface area (Å²) < 4.78 is 16.2. The van der Waals surface area contributed by atoms with E-state index in [1.54, 1.807) is 12.0 Å². The highest BCUT2D eigenvalue weighted by Crippen LogP contribution is 2.25. The van der Waals surface area contributed by atoms with Crippen molar-refractivity contribution in [1.82, 2.24) is 0 Å². The molecule has 1 N–H and O–H groups in total. The van der Waals surface area contributed by atoms with Crippen LogP contribution in [0.15, 0.2) is 24.3 Å². The van der Waals surface area contributed by atoms with Gasteiger partial charge in [0, 0.05) is 19.3 Å². The van der Waals surface area contributed by atoms with Gasteiger partial charge in [-0.2, -0.15) is 0 Å². The second-order valence-corrected chi connectivity index (χ2v) is 5.88. The number of piperidine rings is 1. The third-order valence-corrected chi connectivity index (χ3v) is 4.31. The average Bonchev–Trinajstić information content (AvgIpc) is 2.60. The molecular weight excluding hydrogens is 294 g/mol. The summed E-state index contributed by atoms with van der Waals surface area (Å²) in [5.41, 5.74) is 0. The summed E-state index contributed by atoms with van der Waals surface area (Å²) in [4.78, 5) is 13.3. The first-order valence-electron chi connectivity index (χ1n) is 8.50. The Labute approximate surface area is 138 Å². The van der Waals surface area contributed by atoms with Gasteiger partial charge in [-0.15, -0.1) is 0 Å². The van der Waals surface area contributed by atoms with Gasteiger partial charge in [-0.25, -0.2) is 0 Å². The van der Waals surface area contributed by atoms with E-state index in [4.69, 9.17) is 14.2 Å². The molecule has 5 nitrogen and oxygen atoms in total. The van der Waals surface area contributed by atoms with E-state index in [2.05, 4.69) is 0 Å². The molecule has 2 rings (SSSR count). The van der Waals surface area contributed by atoms with Gasteiger partial charge >= 0.3 is 5.97 Å². The van der Waals surface area contributed by atoms with Crippen molar-refractivity contribution in [2.75, 3.05) is 40.0 Å². The van der Waals surface area contributed by atoms with Crippen LogP contribution in [-0.4, -0.2) is 45.9 Å². The minimum absolute atomic E-state index is 0.0222. The molecule has 1 fully saturated rings. The van der Waals surface area contributed by atoms with Crippen molar-refractivity contribution in [3.05, 3.63) is 24.3 Å². The highest BCUT2D eigenvalue weighted by atomic mass is 16.5. The molecule has 0 bridgehead atoms. The molecule has 1 aromatic carbocycles. The number of nitrogens with one attached hydrogen (secondary N) is 1. The Bertz CT molecular complexity index is 484. The van der Waals surface area contributed by atoms with Crippen LogP contribution >= 0.6 is 0 Å². The third-order valence-electron chi connectivity index (χ3n) is 4.31. The van der Waals surface area contributed by atoms with Crippen LogP contribution in [0, 0.1) is 5.92 Å². The summed E-state index contributed by atoms with van der Waals surface area (Å²) in [6.07, 6.45) is 2.86. The Morgan fingerprint density at radius 2 is 1.91 bits per heavy atom. The normalized spacial score (nSPS) is 20.8. The van der Waals surface area contributed by atoms with Crippen molar-refractivity contribution in [3.63, 3.8) is 0 Å². The molecule has 1 aromatic rings. The molecule has 0 unspecified atom stereocenters. The zero-order valence-electron chi connectivity index (χ0n) is 14.2. The lowest BCUT2D eigenvalue weighted by Gasteiger charge is -2.28. The van der Waals surface area contributed by atoms with Crippen LogP contribution < -0.4 is 14.4 Å². The molecule has 0 radical (unpaired) electrons. The minimum atomic E-state index is -0.0222. The number of quaternary nitrogens is 1. The maximum absolute atomic E-state index is 11.7. The number of para-hydroxylation sites is 2. The predicted molar refractivity (Wildman–Crippen MR) is 88.0 cm³/mol. The number of esters is 1. The summed E-state index contributed by atoms with van der Waals surface area (Å²) in [6, 6.07) is 7.71. The van der Waals surface area contributed by atoms with E-state index < -0.39 is 0 Å². The number of rotatable bonds is 8. The molecule has 5 heteroatoms. The Morgan fingerprint density at radius 1 is 1.22 bits per heavy atom. The zero-order valence-corrected chi connectivity index (χ0v) is 14.2. The van der Waals surface area contributed by atoms with Crippen LogP contribution in [0.2, 0.25) is 0 Å². The largest absolute Gasteiger partial charge is 0.493 e. The first-order chi connectivity index (χ1) is 11.2. The van der Waals surface area contributed by atoms with E-state index in [0.29, 0.717) is 13.2 Å². The number of hydrogen-bond acceptors (Lipinski definition) is 4. The lowest BCUT2D eigenvalue weighted by molar-refractivity contribution is -0.906. The lowest BCUT2D eigenvalue weighted by atomic mass is 9.97. The van der Waals surface area contributed by atoms with Gasteiger partial charge in [-0.05, 0) is 19.1 Å². The molecular formula is C18H28NO4+. The fourth-order valence-electron chi connectivity index (χ4n) is 3.01. The van der Waals surface area contributed by atoms with E-state index in [0.717, 1.165) is 50.4 Å². The van der Waals surface area contributed by atoms with Crippen molar-refractivity contribution >= 4 is 5.97 Å². The smallest absolute Gasteiger partial charge is 0.309 e. The van der Waals surface area contributed by atoms with E-state index in [1.807, 2.05) is 31.2 Å². The Hall–Kier alpha value is -1.75. The highest BCUT2D eigenvalue weighted by Gasteiger charge is 2.27. The summed E-state index contributed by atoms with van der Waals surface area (Å²) in [7, 11) is 1.65. The van der Waals surface area contributed by atoms with Gasteiger partial charge in [0.1, 0.15) is 0 Å². The molecule has 0 amide bonds. The summed E-state index contributed by atoms with van der Waals surface area (Å²) in [5, 5.41) is 0. The summed E-state index contributed by atoms with van der Waals surface area (Å²) in [6.45, 7) is 6.18. The van der Waals surface area contributed by atoms with E-state index in [1.165, 1.54) is 0 Å².